The minimum absolute atomic E-state index is 0.746. The van der Waals surface area contributed by atoms with Crippen LogP contribution in [0.5, 0.6) is 0 Å². The highest BCUT2D eigenvalue weighted by Gasteiger charge is 2.13. The molecular weight excluding hydrogens is 138 g/mol. The minimum atomic E-state index is 0.746. The maximum atomic E-state index is 5.03. The van der Waals surface area contributed by atoms with Gasteiger partial charge in [0.05, 0.1) is 12.9 Å². The van der Waals surface area contributed by atoms with E-state index in [4.69, 9.17) is 4.74 Å². The van der Waals surface area contributed by atoms with Crippen molar-refractivity contribution in [2.24, 2.45) is 5.92 Å². The normalized spacial score (nSPS) is 24.6. The second kappa shape index (κ2) is 4.39. The Kier molecular flexibility index (Phi) is 3.43. The fourth-order valence-electron chi connectivity index (χ4n) is 1.50. The van der Waals surface area contributed by atoms with Gasteiger partial charge < -0.3 is 10.1 Å². The van der Waals surface area contributed by atoms with Crippen molar-refractivity contribution in [1.29, 1.82) is 0 Å². The number of hydrogen-bond acceptors (Lipinski definition) is 2. The number of hydrogen-bond donors (Lipinski definition) is 1. The van der Waals surface area contributed by atoms with Crippen LogP contribution in [0.1, 0.15) is 19.3 Å². The average molecular weight is 155 g/mol. The fraction of sp³-hybridized carbons (Fsp3) is 0.778. The van der Waals surface area contributed by atoms with Crippen LogP contribution in [0.15, 0.2) is 12.3 Å². The fourth-order valence-corrected chi connectivity index (χ4v) is 1.50. The molecule has 0 aromatic carbocycles. The van der Waals surface area contributed by atoms with Gasteiger partial charge in [0.2, 0.25) is 0 Å². The summed E-state index contributed by atoms with van der Waals surface area (Å²) < 4.78 is 5.03. The molecule has 2 nitrogen and oxygen atoms in total. The van der Waals surface area contributed by atoms with Crippen molar-refractivity contribution in [3.8, 4) is 0 Å². The zero-order valence-corrected chi connectivity index (χ0v) is 7.23. The number of rotatable bonds is 3. The van der Waals surface area contributed by atoms with Crippen molar-refractivity contribution < 1.29 is 4.74 Å². The van der Waals surface area contributed by atoms with Crippen LogP contribution in [0.25, 0.3) is 0 Å². The van der Waals surface area contributed by atoms with Crippen LogP contribution in [0, 0.1) is 5.92 Å². The molecule has 1 saturated heterocycles. The Labute approximate surface area is 68.6 Å². The molecule has 1 aliphatic heterocycles. The van der Waals surface area contributed by atoms with E-state index in [2.05, 4.69) is 11.9 Å². The summed E-state index contributed by atoms with van der Waals surface area (Å²) in [6, 6.07) is 0. The van der Waals surface area contributed by atoms with Crippen LogP contribution in [-0.4, -0.2) is 20.2 Å². The van der Waals surface area contributed by atoms with Crippen molar-refractivity contribution in [3.63, 3.8) is 0 Å². The molecule has 1 N–H and O–H groups in total. The van der Waals surface area contributed by atoms with Gasteiger partial charge in [-0.2, -0.15) is 0 Å². The Morgan fingerprint density at radius 3 is 3.09 bits per heavy atom. The van der Waals surface area contributed by atoms with Crippen LogP contribution in [0.2, 0.25) is 0 Å². The Morgan fingerprint density at radius 2 is 2.55 bits per heavy atom. The second-order valence-electron chi connectivity index (χ2n) is 3.16. The number of nitrogens with one attached hydrogen (secondary N) is 1. The van der Waals surface area contributed by atoms with Gasteiger partial charge in [-0.05, 0) is 31.8 Å². The SMILES string of the molecule is C=C(C[C@H]1CCCNC1)OC. The van der Waals surface area contributed by atoms with Gasteiger partial charge in [0.1, 0.15) is 0 Å². The lowest BCUT2D eigenvalue weighted by atomic mass is 9.96. The molecular formula is C9H17NO. The van der Waals surface area contributed by atoms with Crippen LogP contribution < -0.4 is 5.32 Å². The number of piperidine rings is 1. The molecule has 0 spiro atoms. The predicted octanol–water partition coefficient (Wildman–Crippen LogP) is 1.54. The van der Waals surface area contributed by atoms with Gasteiger partial charge in [0.15, 0.2) is 0 Å². The third-order valence-corrected chi connectivity index (χ3v) is 2.20. The van der Waals surface area contributed by atoms with Crippen LogP contribution in [0.3, 0.4) is 0 Å². The first-order valence-corrected chi connectivity index (χ1v) is 4.25. The van der Waals surface area contributed by atoms with Gasteiger partial charge >= 0.3 is 0 Å². The zero-order valence-electron chi connectivity index (χ0n) is 7.23. The molecule has 0 radical (unpaired) electrons. The van der Waals surface area contributed by atoms with Gasteiger partial charge in [-0.1, -0.05) is 6.58 Å². The standard InChI is InChI=1S/C9H17NO/c1-8(11-2)6-9-4-3-5-10-7-9/h9-10H,1,3-7H2,2H3/t9-/m1/s1. The largest absolute Gasteiger partial charge is 0.502 e. The molecule has 1 heterocycles. The molecule has 0 unspecified atom stereocenters. The lowest BCUT2D eigenvalue weighted by molar-refractivity contribution is 0.247. The molecule has 2 heteroatoms. The van der Waals surface area contributed by atoms with Gasteiger partial charge in [-0.15, -0.1) is 0 Å². The average Bonchev–Trinajstić information content (AvgIpc) is 2.06. The Morgan fingerprint density at radius 1 is 1.73 bits per heavy atom. The van der Waals surface area contributed by atoms with Crippen molar-refractivity contribution >= 4 is 0 Å². The van der Waals surface area contributed by atoms with Gasteiger partial charge in [0.25, 0.3) is 0 Å². The summed E-state index contributed by atoms with van der Waals surface area (Å²) in [6.07, 6.45) is 3.63. The molecule has 0 saturated carbocycles. The molecule has 11 heavy (non-hydrogen) atoms. The molecule has 0 aromatic rings. The maximum absolute atomic E-state index is 5.03. The van der Waals surface area contributed by atoms with E-state index in [-0.39, 0.29) is 0 Å². The van der Waals surface area contributed by atoms with Gasteiger partial charge in [0, 0.05) is 6.42 Å². The lowest BCUT2D eigenvalue weighted by Gasteiger charge is -2.22. The molecule has 64 valence electrons. The molecule has 1 atom stereocenters. The lowest BCUT2D eigenvalue weighted by Crippen LogP contribution is -2.29. The van der Waals surface area contributed by atoms with E-state index >= 15 is 0 Å². The molecule has 0 amide bonds. The number of methoxy groups -OCH3 is 1. The highest BCUT2D eigenvalue weighted by atomic mass is 16.5. The highest BCUT2D eigenvalue weighted by Crippen LogP contribution is 2.17. The van der Waals surface area contributed by atoms with Crippen LogP contribution in [0.4, 0.5) is 0 Å². The zero-order chi connectivity index (χ0) is 8.10. The Bertz CT molecular complexity index is 128. The van der Waals surface area contributed by atoms with Crippen molar-refractivity contribution in [2.75, 3.05) is 20.2 Å². The van der Waals surface area contributed by atoms with E-state index in [0.29, 0.717) is 0 Å². The third kappa shape index (κ3) is 2.93. The van der Waals surface area contributed by atoms with Crippen molar-refractivity contribution in [1.82, 2.24) is 5.32 Å². The number of allylic oxidation sites excluding steroid dienone is 1. The van der Waals surface area contributed by atoms with E-state index in [1.807, 2.05) is 0 Å². The first-order chi connectivity index (χ1) is 5.33. The molecule has 0 bridgehead atoms. The monoisotopic (exact) mass is 155 g/mol. The molecule has 0 aliphatic carbocycles. The Hall–Kier alpha value is -0.500. The topological polar surface area (TPSA) is 21.3 Å². The second-order valence-corrected chi connectivity index (χ2v) is 3.16. The summed E-state index contributed by atoms with van der Waals surface area (Å²) in [5, 5.41) is 3.37. The smallest absolute Gasteiger partial charge is 0.0887 e. The summed E-state index contributed by atoms with van der Waals surface area (Å²) in [5.41, 5.74) is 0. The van der Waals surface area contributed by atoms with Gasteiger partial charge in [-0.25, -0.2) is 0 Å². The van der Waals surface area contributed by atoms with E-state index in [1.54, 1.807) is 7.11 Å². The van der Waals surface area contributed by atoms with E-state index in [0.717, 1.165) is 24.6 Å². The number of ether oxygens (including phenoxy) is 1. The summed E-state index contributed by atoms with van der Waals surface area (Å²) in [6.45, 7) is 6.12. The predicted molar refractivity (Wildman–Crippen MR) is 46.4 cm³/mol. The van der Waals surface area contributed by atoms with E-state index in [1.165, 1.54) is 19.4 Å². The third-order valence-electron chi connectivity index (χ3n) is 2.20. The molecule has 1 aliphatic rings. The molecule has 1 rings (SSSR count). The summed E-state index contributed by atoms with van der Waals surface area (Å²) in [5.74, 6) is 1.66. The maximum Gasteiger partial charge on any atom is 0.0887 e. The Balaban J connectivity index is 2.19. The van der Waals surface area contributed by atoms with E-state index in [9.17, 15) is 0 Å². The summed E-state index contributed by atoms with van der Waals surface area (Å²) >= 11 is 0. The highest BCUT2D eigenvalue weighted by molar-refractivity contribution is 4.86. The quantitative estimate of drug-likeness (QED) is 0.624. The first kappa shape index (κ1) is 8.60. The summed E-state index contributed by atoms with van der Waals surface area (Å²) in [4.78, 5) is 0. The first-order valence-electron chi connectivity index (χ1n) is 4.25. The summed E-state index contributed by atoms with van der Waals surface area (Å²) in [7, 11) is 1.69. The van der Waals surface area contributed by atoms with E-state index < -0.39 is 0 Å². The van der Waals surface area contributed by atoms with Gasteiger partial charge in [-0.3, -0.25) is 0 Å². The van der Waals surface area contributed by atoms with Crippen LogP contribution >= 0.6 is 0 Å². The van der Waals surface area contributed by atoms with Crippen molar-refractivity contribution in [3.05, 3.63) is 12.3 Å². The van der Waals surface area contributed by atoms with Crippen molar-refractivity contribution in [2.45, 2.75) is 19.3 Å². The minimum Gasteiger partial charge on any atom is -0.502 e. The molecule has 0 aromatic heterocycles. The van der Waals surface area contributed by atoms with Crippen LogP contribution in [-0.2, 0) is 4.74 Å². The molecule has 1 fully saturated rings.